The molecule has 1 N–H and O–H groups in total. The Morgan fingerprint density at radius 2 is 1.85 bits per heavy atom. The lowest BCUT2D eigenvalue weighted by molar-refractivity contribution is -0.116. The molecule has 27 heavy (non-hydrogen) atoms. The maximum atomic E-state index is 12.9. The molecule has 0 aliphatic carbocycles. The Labute approximate surface area is 166 Å². The van der Waals surface area contributed by atoms with E-state index in [0.29, 0.717) is 40.3 Å². The van der Waals surface area contributed by atoms with Crippen molar-refractivity contribution >= 4 is 43.2 Å². The molecule has 9 heteroatoms. The highest BCUT2D eigenvalue weighted by atomic mass is 79.9. The van der Waals surface area contributed by atoms with Gasteiger partial charge in [-0.15, -0.1) is 0 Å². The third-order valence-corrected chi connectivity index (χ3v) is 6.67. The zero-order valence-corrected chi connectivity index (χ0v) is 17.5. The Hall–Kier alpha value is -2.26. The number of hydrogen-bond donors (Lipinski definition) is 1. The lowest BCUT2D eigenvalue weighted by atomic mass is 10.2. The van der Waals surface area contributed by atoms with Gasteiger partial charge in [-0.1, -0.05) is 0 Å². The van der Waals surface area contributed by atoms with E-state index < -0.39 is 10.0 Å². The first kappa shape index (κ1) is 19.5. The van der Waals surface area contributed by atoms with Crippen molar-refractivity contribution in [1.82, 2.24) is 0 Å². The molecule has 1 heterocycles. The van der Waals surface area contributed by atoms with Crippen molar-refractivity contribution in [3.8, 4) is 11.5 Å². The van der Waals surface area contributed by atoms with Crippen LogP contribution >= 0.6 is 15.9 Å². The van der Waals surface area contributed by atoms with Crippen LogP contribution < -0.4 is 19.1 Å². The quantitative estimate of drug-likeness (QED) is 0.749. The van der Waals surface area contributed by atoms with E-state index in [9.17, 15) is 13.2 Å². The zero-order valence-electron chi connectivity index (χ0n) is 15.1. The number of fused-ring (bicyclic) bond motifs is 1. The number of benzene rings is 2. The van der Waals surface area contributed by atoms with Crippen molar-refractivity contribution in [3.63, 3.8) is 0 Å². The minimum Gasteiger partial charge on any atom is -0.493 e. The number of sulfonamides is 1. The van der Waals surface area contributed by atoms with E-state index in [1.807, 2.05) is 0 Å². The lowest BCUT2D eigenvalue weighted by Crippen LogP contribution is -2.26. The Morgan fingerprint density at radius 3 is 2.48 bits per heavy atom. The Balaban J connectivity index is 1.99. The SMILES string of the molecule is COc1ccc(NS(=O)(=O)c2cc3c(cc2Br)CCN3C(C)=O)cc1OC. The van der Waals surface area contributed by atoms with E-state index in [0.717, 1.165) is 5.56 Å². The molecule has 0 spiro atoms. The summed E-state index contributed by atoms with van der Waals surface area (Å²) in [5.41, 5.74) is 1.89. The molecular formula is C18H19BrN2O5S. The van der Waals surface area contributed by atoms with Crippen LogP contribution in [0.25, 0.3) is 0 Å². The maximum absolute atomic E-state index is 12.9. The van der Waals surface area contributed by atoms with Crippen molar-refractivity contribution < 1.29 is 22.7 Å². The number of halogens is 1. The van der Waals surface area contributed by atoms with Crippen LogP contribution in [0.2, 0.25) is 0 Å². The first-order valence-corrected chi connectivity index (χ1v) is 10.4. The molecule has 3 rings (SSSR count). The van der Waals surface area contributed by atoms with E-state index in [-0.39, 0.29) is 10.8 Å². The summed E-state index contributed by atoms with van der Waals surface area (Å²) in [6.07, 6.45) is 0.691. The topological polar surface area (TPSA) is 84.9 Å². The van der Waals surface area contributed by atoms with Crippen molar-refractivity contribution in [3.05, 3.63) is 40.4 Å². The second-order valence-electron chi connectivity index (χ2n) is 6.01. The second kappa shape index (κ2) is 7.40. The number of carbonyl (C=O) groups is 1. The summed E-state index contributed by atoms with van der Waals surface area (Å²) in [5.74, 6) is 0.789. The number of nitrogens with zero attached hydrogens (tertiary/aromatic N) is 1. The molecule has 1 aliphatic heterocycles. The van der Waals surface area contributed by atoms with Gasteiger partial charge in [0.25, 0.3) is 10.0 Å². The summed E-state index contributed by atoms with van der Waals surface area (Å²) < 4.78 is 39.2. The van der Waals surface area contributed by atoms with Gasteiger partial charge in [-0.2, -0.15) is 0 Å². The normalized spacial score (nSPS) is 13.3. The fraction of sp³-hybridized carbons (Fsp3) is 0.278. The van der Waals surface area contributed by atoms with Crippen LogP contribution in [0.3, 0.4) is 0 Å². The fourth-order valence-corrected chi connectivity index (χ4v) is 5.19. The molecule has 0 saturated heterocycles. The molecule has 0 fully saturated rings. The summed E-state index contributed by atoms with van der Waals surface area (Å²) in [6, 6.07) is 8.02. The van der Waals surface area contributed by atoms with Crippen LogP contribution in [0, 0.1) is 0 Å². The van der Waals surface area contributed by atoms with Gasteiger partial charge in [0, 0.05) is 29.7 Å². The predicted octanol–water partition coefficient (Wildman–Crippen LogP) is 3.18. The third-order valence-electron chi connectivity index (χ3n) is 4.33. The number of nitrogens with one attached hydrogen (secondary N) is 1. The molecule has 0 aromatic heterocycles. The van der Waals surface area contributed by atoms with E-state index in [2.05, 4.69) is 20.7 Å². The Bertz CT molecular complexity index is 1010. The average molecular weight is 455 g/mol. The van der Waals surface area contributed by atoms with Crippen LogP contribution in [-0.4, -0.2) is 35.1 Å². The highest BCUT2D eigenvalue weighted by Gasteiger charge is 2.27. The van der Waals surface area contributed by atoms with Gasteiger partial charge in [-0.3, -0.25) is 9.52 Å². The Kier molecular flexibility index (Phi) is 5.34. The molecule has 7 nitrogen and oxygen atoms in total. The summed E-state index contributed by atoms with van der Waals surface area (Å²) >= 11 is 3.34. The van der Waals surface area contributed by atoms with E-state index in [4.69, 9.17) is 9.47 Å². The molecule has 2 aromatic carbocycles. The number of carbonyl (C=O) groups excluding carboxylic acids is 1. The van der Waals surface area contributed by atoms with Crippen LogP contribution in [-0.2, 0) is 21.2 Å². The highest BCUT2D eigenvalue weighted by Crippen LogP contribution is 2.37. The third kappa shape index (κ3) is 3.74. The second-order valence-corrected chi connectivity index (χ2v) is 8.51. The average Bonchev–Trinajstić information content (AvgIpc) is 3.03. The molecule has 0 unspecified atom stereocenters. The van der Waals surface area contributed by atoms with Gasteiger partial charge in [0.1, 0.15) is 4.90 Å². The lowest BCUT2D eigenvalue weighted by Gasteiger charge is -2.17. The van der Waals surface area contributed by atoms with Gasteiger partial charge in [0.15, 0.2) is 11.5 Å². The first-order valence-electron chi connectivity index (χ1n) is 8.12. The molecule has 2 aromatic rings. The largest absolute Gasteiger partial charge is 0.493 e. The maximum Gasteiger partial charge on any atom is 0.263 e. The van der Waals surface area contributed by atoms with Crippen molar-refractivity contribution in [1.29, 1.82) is 0 Å². The summed E-state index contributed by atoms with van der Waals surface area (Å²) in [4.78, 5) is 13.4. The number of anilines is 2. The molecule has 144 valence electrons. The summed E-state index contributed by atoms with van der Waals surface area (Å²) in [5, 5.41) is 0. The smallest absolute Gasteiger partial charge is 0.263 e. The van der Waals surface area contributed by atoms with E-state index >= 15 is 0 Å². The van der Waals surface area contributed by atoms with Crippen LogP contribution in [0.1, 0.15) is 12.5 Å². The molecule has 1 amide bonds. The van der Waals surface area contributed by atoms with E-state index in [1.165, 1.54) is 27.2 Å². The predicted molar refractivity (Wildman–Crippen MR) is 106 cm³/mol. The first-order chi connectivity index (χ1) is 12.8. The van der Waals surface area contributed by atoms with Crippen molar-refractivity contribution in [2.45, 2.75) is 18.2 Å². The van der Waals surface area contributed by atoms with Gasteiger partial charge in [-0.25, -0.2) is 8.42 Å². The standard InChI is InChI=1S/C18H19BrN2O5S/c1-11(22)21-7-6-12-8-14(19)18(10-15(12)21)27(23,24)20-13-4-5-16(25-2)17(9-13)26-3/h4-5,8-10,20H,6-7H2,1-3H3. The molecule has 0 radical (unpaired) electrons. The van der Waals surface area contributed by atoms with E-state index in [1.54, 1.807) is 29.2 Å². The fourth-order valence-electron chi connectivity index (χ4n) is 3.03. The minimum absolute atomic E-state index is 0.0594. The summed E-state index contributed by atoms with van der Waals surface area (Å²) in [6.45, 7) is 2.01. The number of amides is 1. The number of rotatable bonds is 5. The highest BCUT2D eigenvalue weighted by molar-refractivity contribution is 9.10. The Morgan fingerprint density at radius 1 is 1.15 bits per heavy atom. The summed E-state index contributed by atoms with van der Waals surface area (Å²) in [7, 11) is -0.911. The number of ether oxygens (including phenoxy) is 2. The van der Waals surface area contributed by atoms with Crippen molar-refractivity contribution in [2.24, 2.45) is 0 Å². The molecule has 0 saturated carbocycles. The van der Waals surface area contributed by atoms with Gasteiger partial charge in [0.2, 0.25) is 5.91 Å². The van der Waals surface area contributed by atoms with Gasteiger partial charge < -0.3 is 14.4 Å². The van der Waals surface area contributed by atoms with Gasteiger partial charge in [-0.05, 0) is 52.2 Å². The number of hydrogen-bond acceptors (Lipinski definition) is 5. The molecular weight excluding hydrogens is 436 g/mol. The van der Waals surface area contributed by atoms with Crippen LogP contribution in [0.4, 0.5) is 11.4 Å². The molecule has 0 atom stereocenters. The zero-order chi connectivity index (χ0) is 19.8. The molecule has 1 aliphatic rings. The van der Waals surface area contributed by atoms with Gasteiger partial charge in [0.05, 0.1) is 19.9 Å². The van der Waals surface area contributed by atoms with Gasteiger partial charge >= 0.3 is 0 Å². The van der Waals surface area contributed by atoms with Crippen molar-refractivity contribution in [2.75, 3.05) is 30.4 Å². The molecule has 0 bridgehead atoms. The number of methoxy groups -OCH3 is 2. The van der Waals surface area contributed by atoms with Crippen LogP contribution in [0.15, 0.2) is 39.7 Å². The minimum atomic E-state index is -3.89. The van der Waals surface area contributed by atoms with Crippen LogP contribution in [0.5, 0.6) is 11.5 Å². The monoisotopic (exact) mass is 454 g/mol.